The van der Waals surface area contributed by atoms with E-state index >= 15 is 0 Å². The molecule has 0 heterocycles. The van der Waals surface area contributed by atoms with E-state index in [4.69, 9.17) is 11.6 Å². The van der Waals surface area contributed by atoms with Crippen LogP contribution in [0, 0.1) is 0 Å². The summed E-state index contributed by atoms with van der Waals surface area (Å²) in [5, 5.41) is 0.559. The van der Waals surface area contributed by atoms with E-state index in [2.05, 4.69) is 0 Å². The second-order valence-electron chi connectivity index (χ2n) is 5.49. The van der Waals surface area contributed by atoms with Crippen molar-refractivity contribution in [3.05, 3.63) is 113 Å². The number of rotatable bonds is 5. The summed E-state index contributed by atoms with van der Waals surface area (Å²) in [5.41, 5.74) is 2.10. The van der Waals surface area contributed by atoms with Gasteiger partial charge in [0, 0.05) is 21.7 Å². The number of halogens is 1. The van der Waals surface area contributed by atoms with Crippen molar-refractivity contribution in [2.45, 2.75) is 0 Å². The lowest BCUT2D eigenvalue weighted by molar-refractivity contribution is 0.102. The minimum atomic E-state index is -0.236. The number of benzene rings is 3. The maximum absolute atomic E-state index is 12.9. The Morgan fingerprint density at radius 3 is 1.72 bits per heavy atom. The van der Waals surface area contributed by atoms with Gasteiger partial charge in [0.25, 0.3) is 0 Å². The average Bonchev–Trinajstić information content (AvgIpc) is 2.67. The van der Waals surface area contributed by atoms with Crippen LogP contribution in [0.1, 0.15) is 26.3 Å². The summed E-state index contributed by atoms with van der Waals surface area (Å²) in [6.07, 6.45) is 1.40. The molecule has 25 heavy (non-hydrogen) atoms. The van der Waals surface area contributed by atoms with E-state index in [0.717, 1.165) is 0 Å². The van der Waals surface area contributed by atoms with Gasteiger partial charge >= 0.3 is 0 Å². The molecule has 0 radical (unpaired) electrons. The van der Waals surface area contributed by atoms with Crippen LogP contribution in [0.4, 0.5) is 0 Å². The first-order valence-corrected chi connectivity index (χ1v) is 8.20. The van der Waals surface area contributed by atoms with Gasteiger partial charge in [0.2, 0.25) is 0 Å². The third-order valence-corrected chi connectivity index (χ3v) is 4.02. The van der Waals surface area contributed by atoms with Crippen LogP contribution in [0.2, 0.25) is 5.02 Å². The van der Waals surface area contributed by atoms with Crippen LogP contribution in [-0.4, -0.2) is 11.6 Å². The predicted octanol–water partition coefficient (Wildman–Crippen LogP) is 5.49. The number of ketones is 2. The summed E-state index contributed by atoms with van der Waals surface area (Å²) >= 11 is 5.87. The Labute approximate surface area is 151 Å². The topological polar surface area (TPSA) is 34.1 Å². The van der Waals surface area contributed by atoms with E-state index in [1.807, 2.05) is 36.4 Å². The zero-order valence-corrected chi connectivity index (χ0v) is 14.1. The molecule has 0 amide bonds. The predicted molar refractivity (Wildman–Crippen MR) is 101 cm³/mol. The normalized spacial score (nSPS) is 11.2. The second kappa shape index (κ2) is 7.73. The van der Waals surface area contributed by atoms with Crippen molar-refractivity contribution in [2.24, 2.45) is 0 Å². The molecule has 0 aliphatic rings. The quantitative estimate of drug-likeness (QED) is 0.452. The summed E-state index contributed by atoms with van der Waals surface area (Å²) in [6, 6.07) is 24.7. The third kappa shape index (κ3) is 4.11. The fourth-order valence-corrected chi connectivity index (χ4v) is 2.60. The zero-order valence-electron chi connectivity index (χ0n) is 13.4. The van der Waals surface area contributed by atoms with E-state index in [1.165, 1.54) is 6.08 Å². The number of carbonyl (C=O) groups excluding carboxylic acids is 2. The summed E-state index contributed by atoms with van der Waals surface area (Å²) in [5.74, 6) is -0.422. The summed E-state index contributed by atoms with van der Waals surface area (Å²) < 4.78 is 0. The van der Waals surface area contributed by atoms with Crippen molar-refractivity contribution >= 4 is 28.7 Å². The Balaban J connectivity index is 2.03. The van der Waals surface area contributed by atoms with Crippen molar-refractivity contribution in [3.8, 4) is 0 Å². The largest absolute Gasteiger partial charge is 0.289 e. The van der Waals surface area contributed by atoms with Crippen molar-refractivity contribution in [3.63, 3.8) is 0 Å². The van der Waals surface area contributed by atoms with Gasteiger partial charge in [-0.3, -0.25) is 9.59 Å². The highest BCUT2D eigenvalue weighted by Gasteiger charge is 2.16. The molecule has 3 aromatic rings. The highest BCUT2D eigenvalue weighted by atomic mass is 35.5. The maximum atomic E-state index is 12.9. The third-order valence-electron chi connectivity index (χ3n) is 3.77. The number of Topliss-reactive ketones (excluding diaryl/α,β-unsaturated/α-hetero) is 1. The minimum Gasteiger partial charge on any atom is -0.289 e. The van der Waals surface area contributed by atoms with Gasteiger partial charge in [-0.05, 0) is 35.9 Å². The molecule has 0 saturated heterocycles. The van der Waals surface area contributed by atoms with Gasteiger partial charge in [-0.1, -0.05) is 72.3 Å². The molecule has 3 heteroatoms. The molecule has 0 N–H and O–H groups in total. The zero-order chi connectivity index (χ0) is 17.6. The molecule has 0 aromatic heterocycles. The first kappa shape index (κ1) is 16.9. The molecule has 3 rings (SSSR count). The first-order chi connectivity index (χ1) is 12.1. The molecule has 0 aliphatic heterocycles. The molecule has 2 nitrogen and oxygen atoms in total. The van der Waals surface area contributed by atoms with E-state index in [9.17, 15) is 9.59 Å². The average molecular weight is 347 g/mol. The number of allylic oxidation sites excluding steroid dienone is 2. The van der Waals surface area contributed by atoms with Crippen LogP contribution in [0.5, 0.6) is 0 Å². The lowest BCUT2D eigenvalue weighted by Gasteiger charge is -2.07. The van der Waals surface area contributed by atoms with Crippen LogP contribution in [0.25, 0.3) is 5.57 Å². The van der Waals surface area contributed by atoms with Crippen molar-refractivity contribution < 1.29 is 9.59 Å². The minimum absolute atomic E-state index is 0.186. The van der Waals surface area contributed by atoms with E-state index in [0.29, 0.717) is 27.3 Å². The molecule has 0 atom stereocenters. The van der Waals surface area contributed by atoms with E-state index in [1.54, 1.807) is 48.5 Å². The monoisotopic (exact) mass is 346 g/mol. The van der Waals surface area contributed by atoms with Gasteiger partial charge in [-0.2, -0.15) is 0 Å². The Morgan fingerprint density at radius 1 is 0.640 bits per heavy atom. The fraction of sp³-hybridized carbons (Fsp3) is 0. The molecule has 0 aliphatic carbocycles. The van der Waals surface area contributed by atoms with Crippen LogP contribution in [0.3, 0.4) is 0 Å². The van der Waals surface area contributed by atoms with Gasteiger partial charge in [-0.15, -0.1) is 0 Å². The molecule has 0 saturated carbocycles. The number of hydrogen-bond donors (Lipinski definition) is 0. The van der Waals surface area contributed by atoms with Gasteiger partial charge in [0.1, 0.15) is 0 Å². The number of hydrogen-bond acceptors (Lipinski definition) is 2. The van der Waals surface area contributed by atoms with Crippen LogP contribution < -0.4 is 0 Å². The Kier molecular flexibility index (Phi) is 5.22. The highest BCUT2D eigenvalue weighted by Crippen LogP contribution is 2.21. The van der Waals surface area contributed by atoms with Crippen LogP contribution >= 0.6 is 11.6 Å². The van der Waals surface area contributed by atoms with Gasteiger partial charge in [-0.25, -0.2) is 0 Å². The molecule has 0 unspecified atom stereocenters. The first-order valence-electron chi connectivity index (χ1n) is 7.82. The van der Waals surface area contributed by atoms with Crippen molar-refractivity contribution in [1.82, 2.24) is 0 Å². The van der Waals surface area contributed by atoms with Crippen LogP contribution in [0.15, 0.2) is 91.0 Å². The summed E-state index contributed by atoms with van der Waals surface area (Å²) in [4.78, 5) is 25.5. The van der Waals surface area contributed by atoms with Crippen molar-refractivity contribution in [2.75, 3.05) is 0 Å². The standard InChI is InChI=1S/C22H15ClO2/c23-19-13-11-17(12-14-19)21(24)15-20(16-7-3-1-4-8-16)22(25)18-9-5-2-6-10-18/h1-15H/b20-15-. The van der Waals surface area contributed by atoms with E-state index in [-0.39, 0.29) is 11.6 Å². The molecular weight excluding hydrogens is 332 g/mol. The molecule has 0 bridgehead atoms. The SMILES string of the molecule is O=C(/C=C(\C(=O)c1ccccc1)c1ccccc1)c1ccc(Cl)cc1. The Hall–Kier alpha value is -2.97. The fourth-order valence-electron chi connectivity index (χ4n) is 2.47. The number of carbonyl (C=O) groups is 2. The van der Waals surface area contributed by atoms with Gasteiger partial charge < -0.3 is 0 Å². The highest BCUT2D eigenvalue weighted by molar-refractivity contribution is 6.33. The Bertz CT molecular complexity index is 911. The Morgan fingerprint density at radius 2 is 1.16 bits per heavy atom. The van der Waals surface area contributed by atoms with Gasteiger partial charge in [0.05, 0.1) is 0 Å². The lowest BCUT2D eigenvalue weighted by atomic mass is 9.94. The second-order valence-corrected chi connectivity index (χ2v) is 5.93. The lowest BCUT2D eigenvalue weighted by Crippen LogP contribution is -2.06. The van der Waals surface area contributed by atoms with Crippen LogP contribution in [-0.2, 0) is 0 Å². The molecule has 3 aromatic carbocycles. The van der Waals surface area contributed by atoms with E-state index < -0.39 is 0 Å². The summed E-state index contributed by atoms with van der Waals surface area (Å²) in [6.45, 7) is 0. The maximum Gasteiger partial charge on any atom is 0.193 e. The molecule has 122 valence electrons. The van der Waals surface area contributed by atoms with Crippen molar-refractivity contribution in [1.29, 1.82) is 0 Å². The molecular formula is C22H15ClO2. The molecule has 0 fully saturated rings. The molecule has 0 spiro atoms. The summed E-state index contributed by atoms with van der Waals surface area (Å²) in [7, 11) is 0. The van der Waals surface area contributed by atoms with Gasteiger partial charge in [0.15, 0.2) is 11.6 Å². The smallest absolute Gasteiger partial charge is 0.193 e.